The molecule has 0 aliphatic carbocycles. The summed E-state index contributed by atoms with van der Waals surface area (Å²) in [5.74, 6) is -0.491. The quantitative estimate of drug-likeness (QED) is 0.805. The van der Waals surface area contributed by atoms with E-state index in [1.165, 1.54) is 4.90 Å². The standard InChI is InChI=1S/C20H28N4O4/c1-19(2,3)16-22(4)17(26)20(9-11-23(12-10-20)18(27)28)24(16)14-7-5-13(6-8-14)15(21)25/h5-8,16H,9-12H2,1-4H3,(H2,21,25)(H,27,28). The lowest BCUT2D eigenvalue weighted by Gasteiger charge is -2.47. The predicted molar refractivity (Wildman–Crippen MR) is 105 cm³/mol. The van der Waals surface area contributed by atoms with E-state index in [4.69, 9.17) is 5.73 Å². The maximum absolute atomic E-state index is 13.4. The van der Waals surface area contributed by atoms with Crippen molar-refractivity contribution in [3.8, 4) is 0 Å². The number of carbonyl (C=O) groups excluding carboxylic acids is 2. The van der Waals surface area contributed by atoms with E-state index in [9.17, 15) is 19.5 Å². The van der Waals surface area contributed by atoms with Gasteiger partial charge in [-0.25, -0.2) is 4.79 Å². The molecule has 2 saturated heterocycles. The molecule has 2 fully saturated rings. The Morgan fingerprint density at radius 2 is 1.68 bits per heavy atom. The van der Waals surface area contributed by atoms with Gasteiger partial charge >= 0.3 is 6.09 Å². The molecule has 8 nitrogen and oxygen atoms in total. The molecule has 3 rings (SSSR count). The van der Waals surface area contributed by atoms with Crippen molar-refractivity contribution in [3.63, 3.8) is 0 Å². The van der Waals surface area contributed by atoms with Crippen LogP contribution in [0.4, 0.5) is 10.5 Å². The molecule has 1 spiro atoms. The largest absolute Gasteiger partial charge is 0.465 e. The number of amides is 3. The minimum atomic E-state index is -0.960. The van der Waals surface area contributed by atoms with E-state index in [1.807, 2.05) is 12.1 Å². The molecular formula is C20H28N4O4. The second-order valence-electron chi connectivity index (χ2n) is 8.74. The van der Waals surface area contributed by atoms with Gasteiger partial charge in [0.25, 0.3) is 0 Å². The summed E-state index contributed by atoms with van der Waals surface area (Å²) < 4.78 is 0. The van der Waals surface area contributed by atoms with Gasteiger partial charge in [-0.3, -0.25) is 9.59 Å². The van der Waals surface area contributed by atoms with Crippen molar-refractivity contribution in [2.24, 2.45) is 11.1 Å². The van der Waals surface area contributed by atoms with Crippen LogP contribution in [0.1, 0.15) is 44.0 Å². The smallest absolute Gasteiger partial charge is 0.407 e. The van der Waals surface area contributed by atoms with Gasteiger partial charge < -0.3 is 25.5 Å². The highest BCUT2D eigenvalue weighted by Crippen LogP contribution is 2.46. The van der Waals surface area contributed by atoms with Crippen molar-refractivity contribution in [1.29, 1.82) is 0 Å². The van der Waals surface area contributed by atoms with Crippen LogP contribution in [0.5, 0.6) is 0 Å². The highest BCUT2D eigenvalue weighted by molar-refractivity contribution is 5.96. The van der Waals surface area contributed by atoms with E-state index >= 15 is 0 Å². The molecule has 8 heteroatoms. The molecule has 2 heterocycles. The Morgan fingerprint density at radius 3 is 2.11 bits per heavy atom. The molecule has 1 aromatic carbocycles. The molecule has 0 saturated carbocycles. The van der Waals surface area contributed by atoms with E-state index in [2.05, 4.69) is 25.7 Å². The number of hydrogen-bond acceptors (Lipinski definition) is 4. The van der Waals surface area contributed by atoms with Crippen LogP contribution in [-0.4, -0.2) is 64.7 Å². The van der Waals surface area contributed by atoms with E-state index in [0.29, 0.717) is 31.5 Å². The maximum atomic E-state index is 13.4. The molecule has 1 aromatic rings. The fourth-order valence-electron chi connectivity index (χ4n) is 4.62. The normalized spacial score (nSPS) is 22.1. The highest BCUT2D eigenvalue weighted by atomic mass is 16.4. The molecule has 3 amide bonds. The van der Waals surface area contributed by atoms with Gasteiger partial charge in [-0.2, -0.15) is 0 Å². The number of anilines is 1. The van der Waals surface area contributed by atoms with Gasteiger partial charge in [0.1, 0.15) is 11.7 Å². The molecule has 0 radical (unpaired) electrons. The summed E-state index contributed by atoms with van der Waals surface area (Å²) in [6.07, 6.45) is -0.312. The number of rotatable bonds is 2. The monoisotopic (exact) mass is 388 g/mol. The first-order valence-electron chi connectivity index (χ1n) is 9.43. The second-order valence-corrected chi connectivity index (χ2v) is 8.74. The summed E-state index contributed by atoms with van der Waals surface area (Å²) in [4.78, 5) is 41.5. The predicted octanol–water partition coefficient (Wildman–Crippen LogP) is 1.95. The zero-order valence-electron chi connectivity index (χ0n) is 16.8. The molecule has 1 unspecified atom stereocenters. The van der Waals surface area contributed by atoms with E-state index < -0.39 is 17.5 Å². The highest BCUT2D eigenvalue weighted by Gasteiger charge is 2.59. The lowest BCUT2D eigenvalue weighted by Crippen LogP contribution is -2.59. The Balaban J connectivity index is 2.07. The summed E-state index contributed by atoms with van der Waals surface area (Å²) in [7, 11) is 1.81. The lowest BCUT2D eigenvalue weighted by atomic mass is 9.83. The third-order valence-electron chi connectivity index (χ3n) is 5.86. The average Bonchev–Trinajstić information content (AvgIpc) is 2.84. The fourth-order valence-corrected chi connectivity index (χ4v) is 4.62. The van der Waals surface area contributed by atoms with Crippen LogP contribution >= 0.6 is 0 Å². The minimum absolute atomic E-state index is 0.0106. The van der Waals surface area contributed by atoms with Gasteiger partial charge in [0, 0.05) is 36.8 Å². The number of benzene rings is 1. The van der Waals surface area contributed by atoms with Crippen LogP contribution < -0.4 is 10.6 Å². The Hall–Kier alpha value is -2.77. The van der Waals surface area contributed by atoms with E-state index in [0.717, 1.165) is 5.69 Å². The number of carbonyl (C=O) groups is 3. The molecule has 2 aliphatic heterocycles. The Morgan fingerprint density at radius 1 is 1.14 bits per heavy atom. The van der Waals surface area contributed by atoms with Crippen molar-refractivity contribution in [2.45, 2.75) is 45.3 Å². The summed E-state index contributed by atoms with van der Waals surface area (Å²) in [6, 6.07) is 6.97. The molecule has 28 heavy (non-hydrogen) atoms. The van der Waals surface area contributed by atoms with Gasteiger partial charge in [0.2, 0.25) is 11.8 Å². The number of piperidine rings is 1. The third kappa shape index (κ3) is 3.06. The summed E-state index contributed by atoms with van der Waals surface area (Å²) in [5, 5.41) is 9.31. The summed E-state index contributed by atoms with van der Waals surface area (Å²) >= 11 is 0. The molecule has 0 bridgehead atoms. The zero-order valence-corrected chi connectivity index (χ0v) is 16.8. The molecule has 3 N–H and O–H groups in total. The van der Waals surface area contributed by atoms with Gasteiger partial charge in [0.15, 0.2) is 0 Å². The first kappa shape index (κ1) is 20.0. The van der Waals surface area contributed by atoms with Gasteiger partial charge in [-0.1, -0.05) is 20.8 Å². The molecule has 152 valence electrons. The molecular weight excluding hydrogens is 360 g/mol. The van der Waals surface area contributed by atoms with E-state index in [-0.39, 0.29) is 17.5 Å². The first-order chi connectivity index (χ1) is 13.0. The fraction of sp³-hybridized carbons (Fsp3) is 0.550. The zero-order chi connectivity index (χ0) is 20.9. The number of carboxylic acid groups (broad SMARTS) is 1. The number of primary amides is 1. The van der Waals surface area contributed by atoms with Crippen LogP contribution in [0.25, 0.3) is 0 Å². The number of likely N-dealkylation sites (tertiary alicyclic amines) is 1. The van der Waals surface area contributed by atoms with Crippen LogP contribution in [0.3, 0.4) is 0 Å². The Labute approximate surface area is 164 Å². The molecule has 2 aliphatic rings. The van der Waals surface area contributed by atoms with Gasteiger partial charge in [-0.05, 0) is 37.1 Å². The van der Waals surface area contributed by atoms with Crippen molar-refractivity contribution in [3.05, 3.63) is 29.8 Å². The van der Waals surface area contributed by atoms with Crippen LogP contribution in [-0.2, 0) is 4.79 Å². The SMILES string of the molecule is CN1C(=O)C2(CCN(C(=O)O)CC2)N(c2ccc(C(N)=O)cc2)C1C(C)(C)C. The van der Waals surface area contributed by atoms with Crippen molar-refractivity contribution in [2.75, 3.05) is 25.0 Å². The van der Waals surface area contributed by atoms with Gasteiger partial charge in [-0.15, -0.1) is 0 Å². The number of hydrogen-bond donors (Lipinski definition) is 2. The van der Waals surface area contributed by atoms with Crippen LogP contribution in [0.2, 0.25) is 0 Å². The first-order valence-corrected chi connectivity index (χ1v) is 9.43. The van der Waals surface area contributed by atoms with Crippen LogP contribution in [0.15, 0.2) is 24.3 Å². The maximum Gasteiger partial charge on any atom is 0.407 e. The number of nitrogens with zero attached hydrogens (tertiary/aromatic N) is 3. The molecule has 1 atom stereocenters. The topological polar surface area (TPSA) is 107 Å². The number of nitrogens with two attached hydrogens (primary N) is 1. The second kappa shape index (κ2) is 6.68. The summed E-state index contributed by atoms with van der Waals surface area (Å²) in [5.41, 5.74) is 5.56. The average molecular weight is 388 g/mol. The lowest BCUT2D eigenvalue weighted by molar-refractivity contribution is -0.134. The Kier molecular flexibility index (Phi) is 4.77. The van der Waals surface area contributed by atoms with Crippen molar-refractivity contribution < 1.29 is 19.5 Å². The number of likely N-dealkylation sites (N-methyl/N-ethyl adjacent to an activating group) is 1. The minimum Gasteiger partial charge on any atom is -0.465 e. The van der Waals surface area contributed by atoms with Crippen molar-refractivity contribution in [1.82, 2.24) is 9.80 Å². The van der Waals surface area contributed by atoms with Crippen molar-refractivity contribution >= 4 is 23.6 Å². The van der Waals surface area contributed by atoms with Gasteiger partial charge in [0.05, 0.1) is 0 Å². The third-order valence-corrected chi connectivity index (χ3v) is 5.86. The van der Waals surface area contributed by atoms with E-state index in [1.54, 1.807) is 24.1 Å². The molecule has 0 aromatic heterocycles. The Bertz CT molecular complexity index is 791. The van der Waals surface area contributed by atoms with Crippen LogP contribution in [0, 0.1) is 5.41 Å². The summed E-state index contributed by atoms with van der Waals surface area (Å²) in [6.45, 7) is 6.86.